The molecule has 8 heteroatoms. The minimum absolute atomic E-state index is 0.193. The van der Waals surface area contributed by atoms with Crippen molar-refractivity contribution in [2.75, 3.05) is 6.61 Å². The fraction of sp³-hybridized carbons (Fsp3) is 0.154. The van der Waals surface area contributed by atoms with E-state index in [1.165, 1.54) is 0 Å². The van der Waals surface area contributed by atoms with E-state index in [2.05, 4.69) is 15.5 Å². The largest absolute Gasteiger partial charge is 0.481 e. The number of pyridine rings is 1. The predicted octanol–water partition coefficient (Wildman–Crippen LogP) is 4.18. The lowest BCUT2D eigenvalue weighted by Crippen LogP contribution is -2.24. The summed E-state index contributed by atoms with van der Waals surface area (Å²) in [7, 11) is 0. The van der Waals surface area contributed by atoms with Crippen LogP contribution in [0.1, 0.15) is 32.9 Å². The molecule has 0 aliphatic heterocycles. The minimum Gasteiger partial charge on any atom is -0.481 e. The van der Waals surface area contributed by atoms with Crippen LogP contribution < -0.4 is 10.2 Å². The molecule has 8 nitrogen and oxygen atoms in total. The van der Waals surface area contributed by atoms with Gasteiger partial charge < -0.3 is 14.4 Å². The molecule has 0 saturated carbocycles. The number of carbonyl (C=O) groups is 2. The number of aromatic carboxylic acids is 1. The maximum absolute atomic E-state index is 12.2. The van der Waals surface area contributed by atoms with Gasteiger partial charge in [0.05, 0.1) is 11.8 Å². The van der Waals surface area contributed by atoms with E-state index in [0.29, 0.717) is 11.3 Å². The maximum Gasteiger partial charge on any atom is 0.335 e. The van der Waals surface area contributed by atoms with Crippen LogP contribution in [0.2, 0.25) is 0 Å². The van der Waals surface area contributed by atoms with Crippen molar-refractivity contribution >= 4 is 29.0 Å². The molecule has 0 aliphatic rings. The second-order valence-corrected chi connectivity index (χ2v) is 7.88. The van der Waals surface area contributed by atoms with Crippen molar-refractivity contribution < 1.29 is 19.4 Å². The number of hydrogen-bond acceptors (Lipinski definition) is 5. The van der Waals surface area contributed by atoms with Crippen LogP contribution in [-0.2, 0) is 4.79 Å². The molecule has 0 atom stereocenters. The summed E-state index contributed by atoms with van der Waals surface area (Å²) in [6.07, 6.45) is 3.26. The summed E-state index contributed by atoms with van der Waals surface area (Å²) in [5, 5.41) is 14.2. The number of amides is 1. The van der Waals surface area contributed by atoms with Crippen LogP contribution in [-0.4, -0.2) is 39.4 Å². The highest BCUT2D eigenvalue weighted by Crippen LogP contribution is 2.24. The lowest BCUT2D eigenvalue weighted by atomic mass is 10.1. The van der Waals surface area contributed by atoms with Crippen molar-refractivity contribution in [1.82, 2.24) is 15.0 Å². The SMILES string of the molecule is Cc1cc(C(=O)O)ccc1-n1c(C)cc(/C=N\NC(=O)COc2cccc3cccnc23)c1C. The Hall–Kier alpha value is -4.46. The highest BCUT2D eigenvalue weighted by atomic mass is 16.5. The highest BCUT2D eigenvalue weighted by molar-refractivity contribution is 5.88. The van der Waals surface area contributed by atoms with Crippen LogP contribution in [0.4, 0.5) is 0 Å². The second kappa shape index (κ2) is 9.58. The van der Waals surface area contributed by atoms with E-state index in [0.717, 1.165) is 33.6 Å². The van der Waals surface area contributed by atoms with Crippen LogP contribution in [0.5, 0.6) is 5.75 Å². The third-order valence-corrected chi connectivity index (χ3v) is 5.50. The number of carboxylic acid groups (broad SMARTS) is 1. The number of carboxylic acids is 1. The molecule has 172 valence electrons. The first-order valence-corrected chi connectivity index (χ1v) is 10.7. The number of aryl methyl sites for hydroxylation is 2. The standard InChI is InChI=1S/C26H24N4O4/c1-16-12-20(26(32)33)9-10-22(16)30-17(2)13-21(18(30)3)14-28-29-24(31)15-34-23-8-4-6-19-7-5-11-27-25(19)23/h4-14H,15H2,1-3H3,(H,29,31)(H,32,33)/b28-14-. The number of hydrogen-bond donors (Lipinski definition) is 2. The van der Waals surface area contributed by atoms with Gasteiger partial charge in [0, 0.05) is 34.2 Å². The normalized spacial score (nSPS) is 11.1. The van der Waals surface area contributed by atoms with E-state index in [9.17, 15) is 14.7 Å². The molecule has 34 heavy (non-hydrogen) atoms. The van der Waals surface area contributed by atoms with E-state index in [1.807, 2.05) is 55.7 Å². The predicted molar refractivity (Wildman–Crippen MR) is 130 cm³/mol. The summed E-state index contributed by atoms with van der Waals surface area (Å²) in [5.74, 6) is -0.817. The van der Waals surface area contributed by atoms with Gasteiger partial charge in [-0.15, -0.1) is 0 Å². The van der Waals surface area contributed by atoms with Gasteiger partial charge in [-0.25, -0.2) is 10.2 Å². The Morgan fingerprint density at radius 3 is 2.68 bits per heavy atom. The first-order valence-electron chi connectivity index (χ1n) is 10.7. The number of nitrogens with one attached hydrogen (secondary N) is 1. The van der Waals surface area contributed by atoms with Gasteiger partial charge in [0.15, 0.2) is 6.61 Å². The zero-order valence-corrected chi connectivity index (χ0v) is 19.1. The number of nitrogens with zero attached hydrogens (tertiary/aromatic N) is 3. The molecular weight excluding hydrogens is 432 g/mol. The number of benzene rings is 2. The lowest BCUT2D eigenvalue weighted by Gasteiger charge is -2.13. The van der Waals surface area contributed by atoms with Crippen molar-refractivity contribution in [2.24, 2.45) is 5.10 Å². The number of rotatable bonds is 7. The highest BCUT2D eigenvalue weighted by Gasteiger charge is 2.13. The monoisotopic (exact) mass is 456 g/mol. The van der Waals surface area contributed by atoms with Crippen molar-refractivity contribution in [3.8, 4) is 11.4 Å². The molecule has 2 aromatic carbocycles. The Balaban J connectivity index is 1.43. The number of carbonyl (C=O) groups excluding carboxylic acids is 1. The minimum atomic E-state index is -0.958. The van der Waals surface area contributed by atoms with Crippen molar-refractivity contribution in [1.29, 1.82) is 0 Å². The molecule has 0 aliphatic carbocycles. The number of hydrazone groups is 1. The molecule has 0 unspecified atom stereocenters. The van der Waals surface area contributed by atoms with E-state index in [-0.39, 0.29) is 12.2 Å². The lowest BCUT2D eigenvalue weighted by molar-refractivity contribution is -0.123. The molecule has 0 bridgehead atoms. The van der Waals surface area contributed by atoms with Gasteiger partial charge in [0.25, 0.3) is 5.91 Å². The maximum atomic E-state index is 12.2. The van der Waals surface area contributed by atoms with Crippen LogP contribution in [0.25, 0.3) is 16.6 Å². The van der Waals surface area contributed by atoms with Crippen molar-refractivity contribution in [3.05, 3.63) is 88.9 Å². The molecule has 0 fully saturated rings. The van der Waals surface area contributed by atoms with Gasteiger partial charge in [-0.2, -0.15) is 5.10 Å². The van der Waals surface area contributed by atoms with E-state index >= 15 is 0 Å². The van der Waals surface area contributed by atoms with Crippen LogP contribution >= 0.6 is 0 Å². The second-order valence-electron chi connectivity index (χ2n) is 7.88. The number of ether oxygens (including phenoxy) is 1. The summed E-state index contributed by atoms with van der Waals surface area (Å²) in [6, 6.07) is 16.3. The van der Waals surface area contributed by atoms with E-state index in [4.69, 9.17) is 4.74 Å². The molecule has 1 amide bonds. The first-order chi connectivity index (χ1) is 16.3. The molecule has 0 saturated heterocycles. The summed E-state index contributed by atoms with van der Waals surface area (Å²) < 4.78 is 7.66. The number of para-hydroxylation sites is 1. The quantitative estimate of drug-likeness (QED) is 0.321. The topological polar surface area (TPSA) is 106 Å². The Bertz CT molecular complexity index is 1420. The molecule has 4 rings (SSSR count). The van der Waals surface area contributed by atoms with Gasteiger partial charge >= 0.3 is 5.97 Å². The zero-order valence-electron chi connectivity index (χ0n) is 19.1. The van der Waals surface area contributed by atoms with Crippen LogP contribution in [0.15, 0.2) is 65.9 Å². The molecular formula is C26H24N4O4. The Morgan fingerprint density at radius 1 is 1.12 bits per heavy atom. The van der Waals surface area contributed by atoms with Crippen molar-refractivity contribution in [3.63, 3.8) is 0 Å². The van der Waals surface area contributed by atoms with Gasteiger partial charge in [-0.05, 0) is 62.7 Å². The summed E-state index contributed by atoms with van der Waals surface area (Å²) >= 11 is 0. The molecule has 4 aromatic rings. The summed E-state index contributed by atoms with van der Waals surface area (Å²) in [4.78, 5) is 27.8. The van der Waals surface area contributed by atoms with Gasteiger partial charge in [-0.1, -0.05) is 18.2 Å². The molecule has 2 N–H and O–H groups in total. The molecule has 0 spiro atoms. The summed E-state index contributed by atoms with van der Waals surface area (Å²) in [6.45, 7) is 5.58. The van der Waals surface area contributed by atoms with E-state index in [1.54, 1.807) is 36.7 Å². The van der Waals surface area contributed by atoms with Crippen LogP contribution in [0, 0.1) is 20.8 Å². The molecule has 2 heterocycles. The average Bonchev–Trinajstić information content (AvgIpc) is 3.10. The fourth-order valence-corrected chi connectivity index (χ4v) is 3.87. The Labute approximate surface area is 196 Å². The number of aromatic nitrogens is 2. The molecule has 0 radical (unpaired) electrons. The summed E-state index contributed by atoms with van der Waals surface area (Å²) in [5.41, 5.74) is 7.87. The average molecular weight is 457 g/mol. The Kier molecular flexibility index (Phi) is 6.40. The third-order valence-electron chi connectivity index (χ3n) is 5.50. The van der Waals surface area contributed by atoms with Gasteiger partial charge in [0.1, 0.15) is 11.3 Å². The van der Waals surface area contributed by atoms with E-state index < -0.39 is 11.9 Å². The van der Waals surface area contributed by atoms with Gasteiger partial charge in [-0.3, -0.25) is 9.78 Å². The van der Waals surface area contributed by atoms with Gasteiger partial charge in [0.2, 0.25) is 0 Å². The van der Waals surface area contributed by atoms with Crippen LogP contribution in [0.3, 0.4) is 0 Å². The first kappa shape index (κ1) is 22.7. The third kappa shape index (κ3) is 4.66. The number of fused-ring (bicyclic) bond motifs is 1. The fourth-order valence-electron chi connectivity index (χ4n) is 3.87. The smallest absolute Gasteiger partial charge is 0.335 e. The Morgan fingerprint density at radius 2 is 1.91 bits per heavy atom. The molecule has 2 aromatic heterocycles. The zero-order chi connectivity index (χ0) is 24.2. The van der Waals surface area contributed by atoms with Crippen molar-refractivity contribution in [2.45, 2.75) is 20.8 Å².